The minimum Gasteiger partial charge on any atom is -0.392 e. The molecule has 2 N–H and O–H groups in total. The molecule has 0 aromatic carbocycles. The molecule has 4 fully saturated rings. The summed E-state index contributed by atoms with van der Waals surface area (Å²) in [5, 5.41) is 21.1. The molecule has 0 bridgehead atoms. The van der Waals surface area contributed by atoms with Crippen molar-refractivity contribution in [2.75, 3.05) is 6.61 Å². The molecule has 0 radical (unpaired) electrons. The molecular formula is C27H44O3. The Bertz CT molecular complexity index is 658. The molecule has 0 amide bonds. The van der Waals surface area contributed by atoms with Gasteiger partial charge in [-0.25, -0.2) is 0 Å². The number of fused-ring (bicyclic) bond motifs is 1. The van der Waals surface area contributed by atoms with E-state index in [9.17, 15) is 10.2 Å². The standard InChI is InChI=1S/C27H44O3/c1-18(2)11-15-30-19(3)22-9-10-23-21(6-5-12-26(22,23)4)8-7-20-16-24(28)27(13-14-27)25(29)17-20/h7-8,18-19,22-25,28-29H,5-6,9-17H2,1-4H3/t19-,22?,23?,24-,25-,26?/m1/s1. The van der Waals surface area contributed by atoms with Crippen LogP contribution in [0.5, 0.6) is 0 Å². The van der Waals surface area contributed by atoms with E-state index in [1.165, 1.54) is 37.7 Å². The van der Waals surface area contributed by atoms with E-state index in [1.807, 2.05) is 0 Å². The maximum atomic E-state index is 10.5. The zero-order valence-corrected chi connectivity index (χ0v) is 19.7. The van der Waals surface area contributed by atoms with Crippen molar-refractivity contribution in [1.82, 2.24) is 0 Å². The molecule has 170 valence electrons. The number of hydrogen-bond acceptors (Lipinski definition) is 3. The lowest BCUT2D eigenvalue weighted by molar-refractivity contribution is -0.0280. The highest BCUT2D eigenvalue weighted by atomic mass is 16.5. The molecule has 0 aromatic rings. The van der Waals surface area contributed by atoms with Crippen molar-refractivity contribution in [3.8, 4) is 0 Å². The molecule has 4 saturated carbocycles. The average molecular weight is 417 g/mol. The highest BCUT2D eigenvalue weighted by Crippen LogP contribution is 2.59. The predicted octanol–water partition coefficient (Wildman–Crippen LogP) is 5.80. The Morgan fingerprint density at radius 2 is 1.73 bits per heavy atom. The average Bonchev–Trinajstić information content (AvgIpc) is 3.41. The number of ether oxygens (including phenoxy) is 1. The van der Waals surface area contributed by atoms with Crippen LogP contribution in [0.15, 0.2) is 23.3 Å². The largest absolute Gasteiger partial charge is 0.392 e. The molecule has 30 heavy (non-hydrogen) atoms. The van der Waals surface area contributed by atoms with E-state index in [0.717, 1.165) is 38.7 Å². The Balaban J connectivity index is 1.42. The fraction of sp³-hybridized carbons (Fsp3) is 0.852. The zero-order chi connectivity index (χ0) is 21.5. The van der Waals surface area contributed by atoms with Crippen LogP contribution in [0.1, 0.15) is 91.9 Å². The van der Waals surface area contributed by atoms with E-state index < -0.39 is 0 Å². The molecule has 1 spiro atoms. The fourth-order valence-corrected chi connectivity index (χ4v) is 7.04. The summed E-state index contributed by atoms with van der Waals surface area (Å²) in [7, 11) is 0. The third-order valence-electron chi connectivity index (χ3n) is 9.28. The van der Waals surface area contributed by atoms with E-state index in [-0.39, 0.29) is 17.6 Å². The van der Waals surface area contributed by atoms with Crippen molar-refractivity contribution in [3.63, 3.8) is 0 Å². The van der Waals surface area contributed by atoms with Crippen molar-refractivity contribution in [1.29, 1.82) is 0 Å². The van der Waals surface area contributed by atoms with Crippen molar-refractivity contribution < 1.29 is 14.9 Å². The molecule has 4 rings (SSSR count). The molecule has 3 heteroatoms. The van der Waals surface area contributed by atoms with E-state index in [1.54, 1.807) is 5.57 Å². The first-order chi connectivity index (χ1) is 14.3. The van der Waals surface area contributed by atoms with Crippen LogP contribution in [0.4, 0.5) is 0 Å². The SMILES string of the molecule is CC(C)CCO[C@H](C)C1CCC2C(=CC=C3C[C@@H](O)C4(CC4)[C@H](O)C3)CCCC21C. The second-order valence-electron chi connectivity index (χ2n) is 11.6. The molecule has 6 atom stereocenters. The van der Waals surface area contributed by atoms with Gasteiger partial charge in [0.15, 0.2) is 0 Å². The summed E-state index contributed by atoms with van der Waals surface area (Å²) in [5.74, 6) is 2.02. The Morgan fingerprint density at radius 3 is 2.37 bits per heavy atom. The monoisotopic (exact) mass is 416 g/mol. The van der Waals surface area contributed by atoms with E-state index in [0.29, 0.717) is 29.3 Å². The van der Waals surface area contributed by atoms with Gasteiger partial charge in [-0.2, -0.15) is 0 Å². The van der Waals surface area contributed by atoms with E-state index in [4.69, 9.17) is 4.74 Å². The van der Waals surface area contributed by atoms with Crippen LogP contribution in [-0.2, 0) is 4.74 Å². The summed E-state index contributed by atoms with van der Waals surface area (Å²) < 4.78 is 6.30. The third kappa shape index (κ3) is 4.19. The second-order valence-corrected chi connectivity index (χ2v) is 11.6. The minimum absolute atomic E-state index is 0.168. The first-order valence-corrected chi connectivity index (χ1v) is 12.6. The van der Waals surface area contributed by atoms with Crippen molar-refractivity contribution in [2.45, 2.75) is 110 Å². The van der Waals surface area contributed by atoms with Crippen molar-refractivity contribution in [2.24, 2.45) is 28.6 Å². The lowest BCUT2D eigenvalue weighted by atomic mass is 9.62. The number of hydrogen-bond donors (Lipinski definition) is 2. The van der Waals surface area contributed by atoms with Crippen LogP contribution in [0.2, 0.25) is 0 Å². The van der Waals surface area contributed by atoms with E-state index >= 15 is 0 Å². The van der Waals surface area contributed by atoms with Crippen LogP contribution in [0.25, 0.3) is 0 Å². The predicted molar refractivity (Wildman–Crippen MR) is 122 cm³/mol. The fourth-order valence-electron chi connectivity index (χ4n) is 7.04. The number of rotatable bonds is 6. The van der Waals surface area contributed by atoms with Crippen molar-refractivity contribution in [3.05, 3.63) is 23.3 Å². The van der Waals surface area contributed by atoms with Crippen LogP contribution in [0, 0.1) is 28.6 Å². The molecule has 0 heterocycles. The van der Waals surface area contributed by atoms with Gasteiger partial charge in [-0.3, -0.25) is 0 Å². The lowest BCUT2D eigenvalue weighted by Crippen LogP contribution is -2.39. The number of aliphatic hydroxyl groups excluding tert-OH is 2. The van der Waals surface area contributed by atoms with Crippen LogP contribution < -0.4 is 0 Å². The molecule has 4 aliphatic rings. The molecule has 3 nitrogen and oxygen atoms in total. The summed E-state index contributed by atoms with van der Waals surface area (Å²) in [6, 6.07) is 0. The van der Waals surface area contributed by atoms with Gasteiger partial charge < -0.3 is 14.9 Å². The normalized spacial score (nSPS) is 40.1. The van der Waals surface area contributed by atoms with Gasteiger partial charge in [0, 0.05) is 12.0 Å². The highest BCUT2D eigenvalue weighted by molar-refractivity contribution is 5.28. The van der Waals surface area contributed by atoms with Gasteiger partial charge in [0.2, 0.25) is 0 Å². The smallest absolute Gasteiger partial charge is 0.0658 e. The molecule has 4 aliphatic carbocycles. The summed E-state index contributed by atoms with van der Waals surface area (Å²) in [6.07, 6.45) is 15.2. The van der Waals surface area contributed by atoms with E-state index in [2.05, 4.69) is 39.8 Å². The molecule has 0 aromatic heterocycles. The number of aliphatic hydroxyl groups is 2. The first kappa shape index (κ1) is 22.6. The summed E-state index contributed by atoms with van der Waals surface area (Å²) in [5.41, 5.74) is 3.01. The van der Waals surface area contributed by atoms with Crippen LogP contribution >= 0.6 is 0 Å². The summed E-state index contributed by atoms with van der Waals surface area (Å²) in [6.45, 7) is 10.2. The molecule has 3 unspecified atom stereocenters. The van der Waals surface area contributed by atoms with Gasteiger partial charge in [0.1, 0.15) is 0 Å². The topological polar surface area (TPSA) is 49.7 Å². The molecular weight excluding hydrogens is 372 g/mol. The van der Waals surface area contributed by atoms with Gasteiger partial charge in [-0.15, -0.1) is 0 Å². The van der Waals surface area contributed by atoms with Gasteiger partial charge in [-0.05, 0) is 94.3 Å². The van der Waals surface area contributed by atoms with Crippen molar-refractivity contribution >= 4 is 0 Å². The Kier molecular flexibility index (Phi) is 6.55. The van der Waals surface area contributed by atoms with Crippen LogP contribution in [0.3, 0.4) is 0 Å². The number of allylic oxidation sites excluding steroid dienone is 3. The third-order valence-corrected chi connectivity index (χ3v) is 9.28. The lowest BCUT2D eigenvalue weighted by Gasteiger charge is -2.44. The maximum Gasteiger partial charge on any atom is 0.0658 e. The molecule has 0 aliphatic heterocycles. The quantitative estimate of drug-likeness (QED) is 0.575. The van der Waals surface area contributed by atoms with Crippen LogP contribution in [-0.4, -0.2) is 35.1 Å². The van der Waals surface area contributed by atoms with Gasteiger partial charge in [0.05, 0.1) is 18.3 Å². The Hall–Kier alpha value is -0.640. The minimum atomic E-state index is -0.359. The van der Waals surface area contributed by atoms with Gasteiger partial charge >= 0.3 is 0 Å². The highest BCUT2D eigenvalue weighted by Gasteiger charge is 2.56. The Labute approximate surface area is 184 Å². The van der Waals surface area contributed by atoms with Gasteiger partial charge in [0.25, 0.3) is 0 Å². The second kappa shape index (κ2) is 8.71. The zero-order valence-electron chi connectivity index (χ0n) is 19.7. The summed E-state index contributed by atoms with van der Waals surface area (Å²) >= 11 is 0. The summed E-state index contributed by atoms with van der Waals surface area (Å²) in [4.78, 5) is 0. The maximum absolute atomic E-state index is 10.5. The molecule has 0 saturated heterocycles. The van der Waals surface area contributed by atoms with Gasteiger partial charge in [-0.1, -0.05) is 44.1 Å². The first-order valence-electron chi connectivity index (χ1n) is 12.6. The Morgan fingerprint density at radius 1 is 1.03 bits per heavy atom.